The van der Waals surface area contributed by atoms with Crippen LogP contribution in [0, 0.1) is 5.41 Å². The first kappa shape index (κ1) is 18.0. The predicted octanol–water partition coefficient (Wildman–Crippen LogP) is 2.63. The average molecular weight is 296 g/mol. The van der Waals surface area contributed by atoms with E-state index in [-0.39, 0.29) is 13.2 Å². The molecule has 0 radical (unpaired) electrons. The van der Waals surface area contributed by atoms with Gasteiger partial charge in [-0.05, 0) is 20.8 Å². The van der Waals surface area contributed by atoms with Gasteiger partial charge in [-0.15, -0.1) is 0 Å². The molecule has 0 spiro atoms. The molecule has 0 atom stereocenters. The quantitative estimate of drug-likeness (QED) is 0.429. The van der Waals surface area contributed by atoms with Crippen LogP contribution in [0.3, 0.4) is 0 Å². The van der Waals surface area contributed by atoms with Crippen molar-refractivity contribution >= 4 is 20.0 Å². The Morgan fingerprint density at radius 2 is 1.32 bits per heavy atom. The van der Waals surface area contributed by atoms with Gasteiger partial charge in [0, 0.05) is 0 Å². The van der Waals surface area contributed by atoms with Crippen LogP contribution in [0.1, 0.15) is 20.8 Å². The van der Waals surface area contributed by atoms with Crippen molar-refractivity contribution in [2.75, 3.05) is 13.2 Å². The highest BCUT2D eigenvalue weighted by atomic mass is 28.3. The summed E-state index contributed by atoms with van der Waals surface area (Å²) in [6, 6.07) is 0. The zero-order valence-corrected chi connectivity index (χ0v) is 13.3. The van der Waals surface area contributed by atoms with E-state index in [1.165, 1.54) is 33.5 Å². The second kappa shape index (κ2) is 5.98. The Balaban J connectivity index is 5.77. The highest BCUT2D eigenvalue weighted by molar-refractivity contribution is 6.79. The number of carbonyl (C=O) groups is 2. The molecule has 0 aliphatic heterocycles. The van der Waals surface area contributed by atoms with Gasteiger partial charge in [-0.1, -0.05) is 19.6 Å². The molecule has 19 heavy (non-hydrogen) atoms. The number of carbonyl (C=O) groups excluding carboxylic acids is 2. The van der Waals surface area contributed by atoms with Gasteiger partial charge in [-0.3, -0.25) is 9.59 Å². The van der Waals surface area contributed by atoms with Crippen LogP contribution in [0.5, 0.6) is 0 Å². The SMILES string of the molecule is CCOC(=O)C(C)(C(=O)OCC)C(F)(F)[Si](C)(C)C. The van der Waals surface area contributed by atoms with Crippen LogP contribution in [0.15, 0.2) is 0 Å². The summed E-state index contributed by atoms with van der Waals surface area (Å²) in [7, 11) is -3.14. The minimum Gasteiger partial charge on any atom is -0.465 e. The number of hydrogen-bond acceptors (Lipinski definition) is 4. The van der Waals surface area contributed by atoms with Gasteiger partial charge in [0.05, 0.1) is 13.2 Å². The third-order valence-electron chi connectivity index (χ3n) is 2.94. The fourth-order valence-electron chi connectivity index (χ4n) is 1.64. The van der Waals surface area contributed by atoms with Crippen molar-refractivity contribution in [1.29, 1.82) is 0 Å². The molecule has 0 aromatic carbocycles. The molecule has 0 unspecified atom stereocenters. The number of esters is 2. The van der Waals surface area contributed by atoms with Crippen LogP contribution in [0.25, 0.3) is 0 Å². The van der Waals surface area contributed by atoms with Crippen molar-refractivity contribution in [2.45, 2.75) is 46.0 Å². The number of hydrogen-bond donors (Lipinski definition) is 0. The first-order valence-corrected chi connectivity index (χ1v) is 9.69. The van der Waals surface area contributed by atoms with Crippen LogP contribution in [-0.4, -0.2) is 38.8 Å². The van der Waals surface area contributed by atoms with Gasteiger partial charge >= 0.3 is 11.9 Å². The highest BCUT2D eigenvalue weighted by Crippen LogP contribution is 2.45. The summed E-state index contributed by atoms with van der Waals surface area (Å²) in [4.78, 5) is 23.8. The molecule has 0 saturated carbocycles. The van der Waals surface area contributed by atoms with Crippen LogP contribution in [-0.2, 0) is 19.1 Å². The smallest absolute Gasteiger partial charge is 0.329 e. The molecule has 0 amide bonds. The molecule has 0 aromatic rings. The van der Waals surface area contributed by atoms with Crippen molar-refractivity contribution in [3.05, 3.63) is 0 Å². The normalized spacial score (nSPS) is 13.1. The first-order chi connectivity index (χ1) is 8.46. The fraction of sp³-hybridized carbons (Fsp3) is 0.833. The molecule has 0 heterocycles. The lowest BCUT2D eigenvalue weighted by atomic mass is 9.91. The van der Waals surface area contributed by atoms with E-state index in [0.717, 1.165) is 6.92 Å². The van der Waals surface area contributed by atoms with Crippen molar-refractivity contribution in [3.8, 4) is 0 Å². The molecule has 0 saturated heterocycles. The Morgan fingerprint density at radius 1 is 1.00 bits per heavy atom. The van der Waals surface area contributed by atoms with E-state index >= 15 is 0 Å². The lowest BCUT2D eigenvalue weighted by Crippen LogP contribution is -2.63. The summed E-state index contributed by atoms with van der Waals surface area (Å²) in [5.74, 6) is -2.47. The summed E-state index contributed by atoms with van der Waals surface area (Å²) in [6.45, 7) is 7.93. The Bertz CT molecular complexity index is 332. The topological polar surface area (TPSA) is 52.6 Å². The van der Waals surface area contributed by atoms with E-state index < -0.39 is 31.0 Å². The van der Waals surface area contributed by atoms with E-state index in [2.05, 4.69) is 9.47 Å². The van der Waals surface area contributed by atoms with Gasteiger partial charge < -0.3 is 9.47 Å². The predicted molar refractivity (Wildman–Crippen MR) is 69.7 cm³/mol. The van der Waals surface area contributed by atoms with Crippen molar-refractivity contribution in [1.82, 2.24) is 0 Å². The Morgan fingerprint density at radius 3 is 1.53 bits per heavy atom. The second-order valence-corrected chi connectivity index (χ2v) is 10.5. The zero-order valence-electron chi connectivity index (χ0n) is 12.3. The molecule has 4 nitrogen and oxygen atoms in total. The number of alkyl halides is 2. The van der Waals surface area contributed by atoms with E-state index in [1.807, 2.05) is 0 Å². The molecule has 0 aliphatic rings. The molecule has 7 heteroatoms. The zero-order chi connectivity index (χ0) is 15.5. The third-order valence-corrected chi connectivity index (χ3v) is 5.32. The molecule has 112 valence electrons. The molecule has 0 rings (SSSR count). The third kappa shape index (κ3) is 3.13. The van der Waals surface area contributed by atoms with Crippen molar-refractivity contribution in [2.24, 2.45) is 5.41 Å². The number of halogens is 2. The van der Waals surface area contributed by atoms with E-state index in [4.69, 9.17) is 0 Å². The number of ether oxygens (including phenoxy) is 2. The van der Waals surface area contributed by atoms with Gasteiger partial charge in [-0.2, -0.15) is 0 Å². The lowest BCUT2D eigenvalue weighted by Gasteiger charge is -2.39. The Kier molecular flexibility index (Phi) is 5.67. The Labute approximate surface area is 113 Å². The lowest BCUT2D eigenvalue weighted by molar-refractivity contribution is -0.188. The monoisotopic (exact) mass is 296 g/mol. The summed E-state index contributed by atoms with van der Waals surface area (Å²) in [5.41, 5.74) is -6.07. The van der Waals surface area contributed by atoms with Gasteiger partial charge in [0.2, 0.25) is 5.41 Å². The average Bonchev–Trinajstić information content (AvgIpc) is 2.26. The van der Waals surface area contributed by atoms with Crippen molar-refractivity contribution < 1.29 is 27.8 Å². The first-order valence-electron chi connectivity index (χ1n) is 6.19. The molecular weight excluding hydrogens is 274 g/mol. The summed E-state index contributed by atoms with van der Waals surface area (Å²) in [6.07, 6.45) is 0. The fourth-order valence-corrected chi connectivity index (χ4v) is 3.34. The highest BCUT2D eigenvalue weighted by Gasteiger charge is 2.68. The van der Waals surface area contributed by atoms with E-state index in [0.29, 0.717) is 0 Å². The van der Waals surface area contributed by atoms with Gasteiger partial charge in [-0.25, -0.2) is 8.78 Å². The summed E-state index contributed by atoms with van der Waals surface area (Å²) < 4.78 is 38.5. The second-order valence-electron chi connectivity index (χ2n) is 5.39. The standard InChI is InChI=1S/C12H22F2O4Si/c1-7-17-9(15)11(3,10(16)18-8-2)12(13,14)19(4,5)6/h7-8H2,1-6H3. The van der Waals surface area contributed by atoms with E-state index in [1.54, 1.807) is 0 Å². The minimum absolute atomic E-state index is 0.0738. The van der Waals surface area contributed by atoms with Crippen LogP contribution < -0.4 is 0 Å². The van der Waals surface area contributed by atoms with Gasteiger partial charge in [0.25, 0.3) is 5.55 Å². The van der Waals surface area contributed by atoms with Crippen LogP contribution in [0.4, 0.5) is 8.78 Å². The molecular formula is C12H22F2O4Si. The molecule has 0 fully saturated rings. The van der Waals surface area contributed by atoms with Crippen LogP contribution in [0.2, 0.25) is 19.6 Å². The van der Waals surface area contributed by atoms with Gasteiger partial charge in [0.1, 0.15) is 8.07 Å². The maximum absolute atomic E-state index is 14.6. The molecule has 0 aromatic heterocycles. The summed E-state index contributed by atoms with van der Waals surface area (Å²) >= 11 is 0. The van der Waals surface area contributed by atoms with E-state index in [9.17, 15) is 18.4 Å². The minimum atomic E-state index is -3.47. The maximum atomic E-state index is 14.6. The largest absolute Gasteiger partial charge is 0.465 e. The van der Waals surface area contributed by atoms with Crippen LogP contribution >= 0.6 is 0 Å². The summed E-state index contributed by atoms with van der Waals surface area (Å²) in [5, 5.41) is 0. The molecule has 0 aliphatic carbocycles. The van der Waals surface area contributed by atoms with Gasteiger partial charge in [0.15, 0.2) is 0 Å². The maximum Gasteiger partial charge on any atom is 0.329 e. The molecule has 0 N–H and O–H groups in total. The molecule has 0 bridgehead atoms. The van der Waals surface area contributed by atoms with Crippen molar-refractivity contribution in [3.63, 3.8) is 0 Å². The Hall–Kier alpha value is -0.983. The number of rotatable bonds is 6.